The van der Waals surface area contributed by atoms with Gasteiger partial charge in [0.25, 0.3) is 0 Å². The molecule has 0 aromatic rings. The second-order valence-corrected chi connectivity index (χ2v) is 7.08. The van der Waals surface area contributed by atoms with Gasteiger partial charge in [-0.15, -0.1) is 0 Å². The van der Waals surface area contributed by atoms with Crippen LogP contribution >= 0.6 is 0 Å². The minimum atomic E-state index is -1.47. The van der Waals surface area contributed by atoms with E-state index in [4.69, 9.17) is 9.47 Å². The molecule has 1 aliphatic carbocycles. The fourth-order valence-corrected chi connectivity index (χ4v) is 3.13. The molecule has 148 valence electrons. The molecule has 0 radical (unpaired) electrons. The number of esters is 1. The van der Waals surface area contributed by atoms with Crippen LogP contribution in [0.2, 0.25) is 0 Å². The van der Waals surface area contributed by atoms with Crippen molar-refractivity contribution in [1.29, 1.82) is 0 Å². The minimum absolute atomic E-state index is 0.0297. The van der Waals surface area contributed by atoms with Gasteiger partial charge in [0.05, 0.1) is 24.2 Å². The van der Waals surface area contributed by atoms with E-state index in [0.29, 0.717) is 5.57 Å². The van der Waals surface area contributed by atoms with Crippen molar-refractivity contribution in [3.63, 3.8) is 0 Å². The third-order valence-electron chi connectivity index (χ3n) is 4.86. The van der Waals surface area contributed by atoms with Gasteiger partial charge in [-0.2, -0.15) is 0 Å². The monoisotopic (exact) mass is 378 g/mol. The number of carbonyl (C=O) groups is 2. The topological polar surface area (TPSA) is 113 Å². The molecule has 1 heterocycles. The quantitative estimate of drug-likeness (QED) is 0.381. The maximum atomic E-state index is 12.3. The van der Waals surface area contributed by atoms with Gasteiger partial charge in [0.15, 0.2) is 12.1 Å². The Morgan fingerprint density at radius 2 is 2.19 bits per heavy atom. The number of allylic oxidation sites excluding steroid dienone is 2. The number of aliphatic hydroxyl groups excluding tert-OH is 2. The summed E-state index contributed by atoms with van der Waals surface area (Å²) in [6.07, 6.45) is 2.43. The Morgan fingerprint density at radius 3 is 2.78 bits per heavy atom. The Morgan fingerprint density at radius 1 is 1.52 bits per heavy atom. The molecular formula is C20H26O7. The first-order valence-corrected chi connectivity index (χ1v) is 8.73. The molecule has 0 saturated carbocycles. The zero-order valence-corrected chi connectivity index (χ0v) is 15.7. The van der Waals surface area contributed by atoms with E-state index in [-0.39, 0.29) is 17.6 Å². The van der Waals surface area contributed by atoms with Crippen LogP contribution in [0.4, 0.5) is 0 Å². The zero-order chi connectivity index (χ0) is 20.4. The lowest BCUT2D eigenvalue weighted by Gasteiger charge is -2.32. The number of hydrogen-bond acceptors (Lipinski definition) is 7. The van der Waals surface area contributed by atoms with Crippen LogP contribution in [0.5, 0.6) is 0 Å². The fraction of sp³-hybridized carbons (Fsp3) is 0.500. The number of aliphatic hydroxyl groups is 3. The van der Waals surface area contributed by atoms with E-state index in [2.05, 4.69) is 6.58 Å². The number of hydrogen-bond donors (Lipinski definition) is 3. The summed E-state index contributed by atoms with van der Waals surface area (Å²) in [6.45, 7) is 8.08. The van der Waals surface area contributed by atoms with Gasteiger partial charge in [0.1, 0.15) is 6.10 Å². The Kier molecular flexibility index (Phi) is 6.54. The molecule has 0 spiro atoms. The van der Waals surface area contributed by atoms with Crippen LogP contribution in [0.25, 0.3) is 0 Å². The van der Waals surface area contributed by atoms with Gasteiger partial charge in [-0.25, -0.2) is 4.79 Å². The van der Waals surface area contributed by atoms with Crippen LogP contribution in [0.1, 0.15) is 27.2 Å². The molecule has 1 saturated heterocycles. The average molecular weight is 378 g/mol. The van der Waals surface area contributed by atoms with Crippen molar-refractivity contribution in [3.8, 4) is 0 Å². The van der Waals surface area contributed by atoms with Crippen molar-refractivity contribution < 1.29 is 34.4 Å². The molecule has 0 aromatic carbocycles. The van der Waals surface area contributed by atoms with Crippen LogP contribution in [0.15, 0.2) is 47.6 Å². The van der Waals surface area contributed by atoms with Crippen molar-refractivity contribution in [2.45, 2.75) is 51.3 Å². The smallest absolute Gasteiger partial charge is 0.333 e. The number of rotatable bonds is 3. The number of fused-ring (bicyclic) bond motifs is 1. The molecule has 0 bridgehead atoms. The van der Waals surface area contributed by atoms with Gasteiger partial charge < -0.3 is 24.8 Å². The Balaban J connectivity index is 2.51. The third-order valence-corrected chi connectivity index (χ3v) is 4.86. The number of ketones is 1. The van der Waals surface area contributed by atoms with E-state index >= 15 is 0 Å². The lowest BCUT2D eigenvalue weighted by Crippen LogP contribution is -2.40. The highest BCUT2D eigenvalue weighted by atomic mass is 16.6. The van der Waals surface area contributed by atoms with Crippen LogP contribution in [0, 0.1) is 5.92 Å². The normalized spacial score (nSPS) is 36.1. The van der Waals surface area contributed by atoms with Crippen molar-refractivity contribution in [2.75, 3.05) is 6.61 Å². The standard InChI is InChI=1S/C20H26O7/c1-5-11(2)18(23)27-16-9-20(4,25)7-6-14(22)13(10-21)8-15-17(16)12(3)19(24)26-15/h5-8,15-17,19,21,24-25H,3,9-10H2,1-2,4H3/b7-6+,11-5-,13-8?/t15-,16-,17+,19?,20+/m1/s1. The zero-order valence-electron chi connectivity index (χ0n) is 15.7. The highest BCUT2D eigenvalue weighted by Gasteiger charge is 2.45. The van der Waals surface area contributed by atoms with Crippen LogP contribution in [-0.2, 0) is 19.1 Å². The van der Waals surface area contributed by atoms with Gasteiger partial charge in [0.2, 0.25) is 0 Å². The van der Waals surface area contributed by atoms with Crippen molar-refractivity contribution in [2.24, 2.45) is 5.92 Å². The van der Waals surface area contributed by atoms with Crippen LogP contribution in [-0.4, -0.2) is 57.8 Å². The second kappa shape index (κ2) is 8.31. The Labute approximate surface area is 158 Å². The van der Waals surface area contributed by atoms with E-state index in [1.807, 2.05) is 0 Å². The summed E-state index contributed by atoms with van der Waals surface area (Å²) in [6, 6.07) is 0. The summed E-state index contributed by atoms with van der Waals surface area (Å²) in [5.41, 5.74) is -0.751. The largest absolute Gasteiger partial charge is 0.458 e. The van der Waals surface area contributed by atoms with Gasteiger partial charge in [-0.05, 0) is 44.6 Å². The molecule has 1 fully saturated rings. The molecule has 0 amide bonds. The third kappa shape index (κ3) is 4.81. The lowest BCUT2D eigenvalue weighted by atomic mass is 9.82. The maximum Gasteiger partial charge on any atom is 0.333 e. The average Bonchev–Trinajstić information content (AvgIpc) is 2.89. The van der Waals surface area contributed by atoms with Crippen molar-refractivity contribution in [3.05, 3.63) is 47.6 Å². The molecule has 7 heteroatoms. The van der Waals surface area contributed by atoms with Gasteiger partial charge in [-0.1, -0.05) is 12.7 Å². The van der Waals surface area contributed by atoms with E-state index < -0.39 is 48.4 Å². The van der Waals surface area contributed by atoms with E-state index in [9.17, 15) is 24.9 Å². The molecule has 5 atom stereocenters. The Bertz CT molecular complexity index is 714. The number of ether oxygens (including phenoxy) is 2. The summed E-state index contributed by atoms with van der Waals surface area (Å²) in [5.74, 6) is -1.73. The second-order valence-electron chi connectivity index (χ2n) is 7.08. The summed E-state index contributed by atoms with van der Waals surface area (Å²) in [4.78, 5) is 24.6. The molecule has 1 unspecified atom stereocenters. The summed E-state index contributed by atoms with van der Waals surface area (Å²) < 4.78 is 11.1. The molecule has 2 aliphatic rings. The van der Waals surface area contributed by atoms with Crippen LogP contribution < -0.4 is 0 Å². The maximum absolute atomic E-state index is 12.3. The SMILES string of the molecule is C=C1C(O)O[C@@H]2C=C(CO)C(=O)/C=C/[C@](C)(O)C[C@@H](OC(=O)/C(C)=C\C)[C@@H]12. The van der Waals surface area contributed by atoms with E-state index in [0.717, 1.165) is 0 Å². The predicted octanol–water partition coefficient (Wildman–Crippen LogP) is 0.953. The first-order valence-electron chi connectivity index (χ1n) is 8.73. The van der Waals surface area contributed by atoms with Gasteiger partial charge in [-0.3, -0.25) is 4.79 Å². The summed E-state index contributed by atoms with van der Waals surface area (Å²) in [7, 11) is 0. The molecule has 0 aromatic heterocycles. The minimum Gasteiger partial charge on any atom is -0.458 e. The van der Waals surface area contributed by atoms with E-state index in [1.54, 1.807) is 19.9 Å². The molecule has 2 rings (SSSR count). The first-order chi connectivity index (χ1) is 12.6. The van der Waals surface area contributed by atoms with Gasteiger partial charge in [0, 0.05) is 17.6 Å². The predicted molar refractivity (Wildman–Crippen MR) is 97.4 cm³/mol. The van der Waals surface area contributed by atoms with E-state index in [1.165, 1.54) is 25.2 Å². The van der Waals surface area contributed by atoms with Gasteiger partial charge >= 0.3 is 5.97 Å². The van der Waals surface area contributed by atoms with Crippen molar-refractivity contribution >= 4 is 11.8 Å². The molecule has 1 aliphatic heterocycles. The fourth-order valence-electron chi connectivity index (χ4n) is 3.13. The lowest BCUT2D eigenvalue weighted by molar-refractivity contribution is -0.150. The van der Waals surface area contributed by atoms with Crippen LogP contribution in [0.3, 0.4) is 0 Å². The summed E-state index contributed by atoms with van der Waals surface area (Å²) in [5, 5.41) is 30.3. The van der Waals surface area contributed by atoms with Crippen molar-refractivity contribution in [1.82, 2.24) is 0 Å². The number of carbonyl (C=O) groups excluding carboxylic acids is 2. The highest BCUT2D eigenvalue weighted by molar-refractivity contribution is 6.04. The summed E-state index contributed by atoms with van der Waals surface area (Å²) >= 11 is 0. The Hall–Kier alpha value is -2.06. The highest BCUT2D eigenvalue weighted by Crippen LogP contribution is 2.38. The molecular weight excluding hydrogens is 352 g/mol. The first kappa shape index (κ1) is 21.2. The molecule has 3 N–H and O–H groups in total. The molecule has 7 nitrogen and oxygen atoms in total. The molecule has 27 heavy (non-hydrogen) atoms.